The summed E-state index contributed by atoms with van der Waals surface area (Å²) in [4.78, 5) is 232. The van der Waals surface area contributed by atoms with Gasteiger partial charge in [-0.1, -0.05) is 84.4 Å². The number of hydrogen-bond acceptors (Lipinski definition) is 21. The van der Waals surface area contributed by atoms with E-state index in [-0.39, 0.29) is 37.2 Å². The molecule has 0 saturated heterocycles. The fourth-order valence-electron chi connectivity index (χ4n) is 11.0. The number of aliphatic carboxylic acids is 5. The molecule has 0 bridgehead atoms. The molecule has 2 aromatic carbocycles. The predicted octanol–water partition coefficient (Wildman–Crippen LogP) is -2.05. The molecule has 13 atom stereocenters. The van der Waals surface area contributed by atoms with Crippen LogP contribution in [0.5, 0.6) is 0 Å². The summed E-state index contributed by atoms with van der Waals surface area (Å²) in [6.45, 7) is 8.27. The summed E-state index contributed by atoms with van der Waals surface area (Å²) in [5.74, 6) is -22.9. The Bertz CT molecular complexity index is 3930. The second kappa shape index (κ2) is 44.7. The molecule has 0 unspecified atom stereocenters. The third kappa shape index (κ3) is 29.2. The quantitative estimate of drug-likeness (QED) is 0.0212. The molecule has 21 N–H and O–H groups in total. The lowest BCUT2D eigenvalue weighted by atomic mass is 9.96. The molecule has 0 saturated carbocycles. The zero-order valence-electron chi connectivity index (χ0n) is 60.9. The minimum atomic E-state index is -1.99. The number of aromatic amines is 2. The number of para-hydroxylation sites is 2. The SMILES string of the molecule is CC[C@H](C)[C@H](NC(=O)[C@H](CC(=O)O)NC(=O)[C@@H](NC(=O)CNC(=O)[C@H](CS)NC(=O)[C@@H](NC(=O)[C@H](Cc1c[nH]c2ccccc12)NC(=O)[C@@H](N)CC(=O)O)C(C)C)C(C)C)C(=O)N[C@@H](CCC(=O)O)C(=O)N[C@@H](CS)C(=O)N[C@@H](CCC(=O)O)C(=O)N[C@@H](CCSC)C(=O)N[C@@H](Cc1c[nH]c2ccccc12)C(=O)O. The van der Waals surface area contributed by atoms with Gasteiger partial charge in [-0.15, -0.1) is 0 Å². The highest BCUT2D eigenvalue weighted by molar-refractivity contribution is 7.98. The van der Waals surface area contributed by atoms with Gasteiger partial charge in [-0.2, -0.15) is 37.0 Å². The second-order valence-electron chi connectivity index (χ2n) is 26.4. The van der Waals surface area contributed by atoms with Gasteiger partial charge < -0.3 is 105 Å². The van der Waals surface area contributed by atoms with Crippen LogP contribution in [0.4, 0.5) is 0 Å². The zero-order valence-corrected chi connectivity index (χ0v) is 63.5. The van der Waals surface area contributed by atoms with E-state index in [0.29, 0.717) is 32.9 Å². The number of nitrogens with two attached hydrogens (primary N) is 1. The average molecular weight is 1580 g/mol. The van der Waals surface area contributed by atoms with Crippen molar-refractivity contribution < 1.29 is 107 Å². The number of nitrogens with one attached hydrogen (secondary N) is 14. The fourth-order valence-corrected chi connectivity index (χ4v) is 12.0. The van der Waals surface area contributed by atoms with Crippen LogP contribution in [-0.2, 0) is 94.3 Å². The molecular weight excluding hydrogens is 1490 g/mol. The number of carbonyl (C=O) groups excluding carboxylic acids is 12. The number of rotatable bonds is 48. The van der Waals surface area contributed by atoms with Crippen molar-refractivity contribution in [2.75, 3.05) is 30.1 Å². The highest BCUT2D eigenvalue weighted by atomic mass is 32.2. The Balaban J connectivity index is 1.45. The molecule has 4 rings (SSSR count). The van der Waals surface area contributed by atoms with Crippen LogP contribution in [0.3, 0.4) is 0 Å². The van der Waals surface area contributed by atoms with Gasteiger partial charge >= 0.3 is 29.8 Å². The number of benzene rings is 2. The van der Waals surface area contributed by atoms with Crippen LogP contribution >= 0.6 is 37.0 Å². The van der Waals surface area contributed by atoms with Gasteiger partial charge in [0.25, 0.3) is 0 Å². The number of aromatic nitrogens is 2. The minimum Gasteiger partial charge on any atom is -0.481 e. The highest BCUT2D eigenvalue weighted by Crippen LogP contribution is 2.22. The maximum atomic E-state index is 14.3. The summed E-state index contributed by atoms with van der Waals surface area (Å²) >= 11 is 9.65. The van der Waals surface area contributed by atoms with E-state index in [1.54, 1.807) is 88.0 Å². The molecule has 40 heteroatoms. The Morgan fingerprint density at radius 2 is 0.807 bits per heavy atom. The number of hydrogen-bond donors (Lipinski definition) is 22. The van der Waals surface area contributed by atoms with Gasteiger partial charge in [0.2, 0.25) is 70.9 Å². The number of carboxylic acid groups (broad SMARTS) is 5. The maximum Gasteiger partial charge on any atom is 0.326 e. The lowest BCUT2D eigenvalue weighted by Gasteiger charge is -2.29. The molecule has 109 heavy (non-hydrogen) atoms. The van der Waals surface area contributed by atoms with Crippen molar-refractivity contribution in [2.24, 2.45) is 23.5 Å². The first-order valence-corrected chi connectivity index (χ1v) is 37.4. The van der Waals surface area contributed by atoms with Crippen molar-refractivity contribution in [3.8, 4) is 0 Å². The van der Waals surface area contributed by atoms with Crippen molar-refractivity contribution in [1.82, 2.24) is 73.8 Å². The van der Waals surface area contributed by atoms with Gasteiger partial charge in [-0.3, -0.25) is 76.7 Å². The van der Waals surface area contributed by atoms with E-state index >= 15 is 0 Å². The molecule has 2 heterocycles. The van der Waals surface area contributed by atoms with E-state index in [4.69, 9.17) is 5.73 Å². The average Bonchev–Trinajstić information content (AvgIpc) is 1.71. The third-order valence-electron chi connectivity index (χ3n) is 17.4. The summed E-state index contributed by atoms with van der Waals surface area (Å²) in [6, 6.07) is -5.06. The van der Waals surface area contributed by atoms with E-state index < -0.39 is 242 Å². The van der Waals surface area contributed by atoms with Gasteiger partial charge in [0.15, 0.2) is 0 Å². The van der Waals surface area contributed by atoms with Crippen molar-refractivity contribution >= 4 is 160 Å². The Hall–Kier alpha value is -10.5. The summed E-state index contributed by atoms with van der Waals surface area (Å²) in [7, 11) is 0. The summed E-state index contributed by atoms with van der Waals surface area (Å²) in [5.41, 5.74) is 8.37. The number of carboxylic acids is 5. The van der Waals surface area contributed by atoms with Gasteiger partial charge in [0.05, 0.1) is 25.4 Å². The Morgan fingerprint density at radius 3 is 1.27 bits per heavy atom. The largest absolute Gasteiger partial charge is 0.481 e. The number of amides is 12. The lowest BCUT2D eigenvalue weighted by Crippen LogP contribution is -2.62. The van der Waals surface area contributed by atoms with E-state index in [9.17, 15) is 107 Å². The molecule has 0 radical (unpaired) electrons. The number of carbonyl (C=O) groups is 17. The van der Waals surface area contributed by atoms with Gasteiger partial charge in [0, 0.05) is 71.4 Å². The maximum absolute atomic E-state index is 14.3. The van der Waals surface area contributed by atoms with Crippen molar-refractivity contribution in [3.05, 3.63) is 72.1 Å². The Labute approximate surface area is 641 Å². The summed E-state index contributed by atoms with van der Waals surface area (Å²) < 4.78 is 0. The van der Waals surface area contributed by atoms with E-state index in [1.165, 1.54) is 32.5 Å². The van der Waals surface area contributed by atoms with Crippen LogP contribution in [0.2, 0.25) is 0 Å². The first kappa shape index (κ1) is 90.9. The summed E-state index contributed by atoms with van der Waals surface area (Å²) in [6.07, 6.45) is 0.0325. The number of fused-ring (bicyclic) bond motifs is 2. The lowest BCUT2D eigenvalue weighted by molar-refractivity contribution is -0.142. The third-order valence-corrected chi connectivity index (χ3v) is 18.7. The molecule has 2 aromatic heterocycles. The van der Waals surface area contributed by atoms with Gasteiger partial charge in [-0.05, 0) is 72.3 Å². The number of H-pyrrole nitrogens is 2. The molecule has 0 spiro atoms. The van der Waals surface area contributed by atoms with Gasteiger partial charge in [0.1, 0.15) is 66.5 Å². The minimum absolute atomic E-state index is 0.0615. The van der Waals surface area contributed by atoms with Crippen LogP contribution in [0, 0.1) is 17.8 Å². The second-order valence-corrected chi connectivity index (χ2v) is 28.1. The Morgan fingerprint density at radius 1 is 0.431 bits per heavy atom. The van der Waals surface area contributed by atoms with E-state index in [0.717, 1.165) is 0 Å². The molecule has 37 nitrogen and oxygen atoms in total. The predicted molar refractivity (Wildman–Crippen MR) is 402 cm³/mol. The van der Waals surface area contributed by atoms with Gasteiger partial charge in [-0.25, -0.2) is 4.79 Å². The molecule has 0 aliphatic heterocycles. The monoisotopic (exact) mass is 1580 g/mol. The molecular formula is C69H97N15O22S3. The standard InChI is InChI=1S/C69H97N15O22S3/c1-8-34(6)57(68(104)76-43(18-20-52(88)89)61(97)80-49(31-108)65(101)74-42(17-19-51(86)87)60(96)75-44(21-22-109-7)62(98)79-47(69(105)106)24-36-28-72-41-16-12-10-14-38(36)41)84-64(100)46(26-54(92)93)78-66(102)55(32(2)3)82-50(85)29-73-59(95)48(30-107)81-67(103)56(33(4)5)83-63(99)45(77-58(94)39(70)25-53(90)91)23-35-27-71-40-15-11-9-13-37(35)40/h9-16,27-28,32-34,39,42-49,55-57,71-72,107-108H,8,17-26,29-31,70H2,1-7H3,(H,73,95)(H,74,101)(H,75,96)(H,76,104)(H,77,94)(H,78,102)(H,79,98)(H,80,97)(H,81,103)(H,82,85)(H,83,99)(H,84,100)(H,86,87)(H,88,89)(H,90,91)(H,92,93)(H,105,106)/t34-,39-,42-,43-,44-,45-,46-,47-,48-,49-,55-,56-,57-/m0/s1. The normalized spacial score (nSPS) is 14.8. The zero-order chi connectivity index (χ0) is 81.5. The smallest absolute Gasteiger partial charge is 0.326 e. The van der Waals surface area contributed by atoms with Crippen molar-refractivity contribution in [1.29, 1.82) is 0 Å². The molecule has 0 fully saturated rings. The van der Waals surface area contributed by atoms with Crippen LogP contribution in [0.25, 0.3) is 21.8 Å². The van der Waals surface area contributed by atoms with E-state index in [1.807, 2.05) is 0 Å². The molecule has 12 amide bonds. The first-order valence-electron chi connectivity index (χ1n) is 34.7. The van der Waals surface area contributed by atoms with E-state index in [2.05, 4.69) is 99.0 Å². The van der Waals surface area contributed by atoms with Crippen LogP contribution < -0.4 is 69.5 Å². The molecule has 598 valence electrons. The first-order chi connectivity index (χ1) is 51.4. The fraction of sp³-hybridized carbons (Fsp3) is 0.522. The number of thioether (sulfide) groups is 1. The molecule has 0 aliphatic carbocycles. The number of thiol groups is 2. The highest BCUT2D eigenvalue weighted by Gasteiger charge is 2.39. The van der Waals surface area contributed by atoms with Crippen LogP contribution in [0.1, 0.15) is 104 Å². The van der Waals surface area contributed by atoms with Crippen LogP contribution in [0.15, 0.2) is 60.9 Å². The Kier molecular flexibility index (Phi) is 37.3. The van der Waals surface area contributed by atoms with Crippen molar-refractivity contribution in [2.45, 2.75) is 178 Å². The van der Waals surface area contributed by atoms with Crippen molar-refractivity contribution in [3.63, 3.8) is 0 Å². The topological polar surface area (TPSA) is 593 Å². The molecule has 0 aliphatic rings. The van der Waals surface area contributed by atoms with Crippen LogP contribution in [-0.4, -0.2) is 239 Å². The summed E-state index contributed by atoms with van der Waals surface area (Å²) in [5, 5.41) is 78.9. The molecule has 4 aromatic rings.